The van der Waals surface area contributed by atoms with Crippen LogP contribution in [-0.2, 0) is 20.4 Å². The van der Waals surface area contributed by atoms with Crippen molar-refractivity contribution in [1.82, 2.24) is 0 Å². The molecule has 0 aromatic carbocycles. The van der Waals surface area contributed by atoms with Gasteiger partial charge in [-0.25, -0.2) is 0 Å². The maximum absolute atomic E-state index is 0. The summed E-state index contributed by atoms with van der Waals surface area (Å²) in [6, 6.07) is 0. The van der Waals surface area contributed by atoms with Gasteiger partial charge in [0.25, 0.3) is 0 Å². The topological polar surface area (TPSA) is 153 Å². The molecular weight excluding hydrogens is 266 g/mol. The molecule has 6 heavy (non-hydrogen) atoms. The summed E-state index contributed by atoms with van der Waals surface area (Å²) in [7, 11) is 0. The van der Waals surface area contributed by atoms with Crippen molar-refractivity contribution >= 4 is 0 Å². The molecule has 0 unspecified atom stereocenters. The van der Waals surface area contributed by atoms with E-state index in [0.29, 0.717) is 0 Å². The largest absolute Gasteiger partial charge is 0.870 e. The van der Waals surface area contributed by atoms with E-state index in [0.717, 1.165) is 0 Å². The molecule has 0 atom stereocenters. The van der Waals surface area contributed by atoms with Crippen molar-refractivity contribution in [2.24, 2.45) is 0 Å². The van der Waals surface area contributed by atoms with Crippen LogP contribution in [0.2, 0.25) is 0 Å². The molecule has 0 aromatic heterocycles. The summed E-state index contributed by atoms with van der Waals surface area (Å²) >= 11 is 0. The van der Waals surface area contributed by atoms with Crippen molar-refractivity contribution in [2.75, 3.05) is 0 Å². The molecule has 5 nitrogen and oxygen atoms in total. The molecule has 0 aromatic rings. The molecule has 0 fully saturated rings. The molecule has 0 bridgehead atoms. The zero-order chi connectivity index (χ0) is 0. The standard InChI is InChI=1S/5H2O.Re/h5*1H2;/p-3. The van der Waals surface area contributed by atoms with Crippen LogP contribution in [0.25, 0.3) is 0 Å². The monoisotopic (exact) mass is 274 g/mol. The van der Waals surface area contributed by atoms with Gasteiger partial charge in [0.05, 0.1) is 0 Å². The van der Waals surface area contributed by atoms with E-state index in [1.807, 2.05) is 0 Å². The van der Waals surface area contributed by atoms with E-state index >= 15 is 0 Å². The SMILES string of the molecule is O.O.[OH-].[OH-].[OH-].[Re]. The molecule has 0 aliphatic carbocycles. The summed E-state index contributed by atoms with van der Waals surface area (Å²) in [6.45, 7) is 0. The fourth-order valence-corrected chi connectivity index (χ4v) is 0. The average molecular weight is 273 g/mol. The molecule has 47 valence electrons. The van der Waals surface area contributed by atoms with Crippen LogP contribution in [0.3, 0.4) is 0 Å². The Morgan fingerprint density at radius 3 is 0.500 bits per heavy atom. The molecular formula is H7O5Re-3. The van der Waals surface area contributed by atoms with Crippen LogP contribution in [0.1, 0.15) is 0 Å². The number of hydrogen-bond acceptors (Lipinski definition) is 3. The summed E-state index contributed by atoms with van der Waals surface area (Å²) in [5, 5.41) is 0. The van der Waals surface area contributed by atoms with Gasteiger partial charge in [0.15, 0.2) is 0 Å². The summed E-state index contributed by atoms with van der Waals surface area (Å²) in [5.41, 5.74) is 0. The Morgan fingerprint density at radius 1 is 0.500 bits per heavy atom. The molecule has 0 heterocycles. The molecule has 0 spiro atoms. The van der Waals surface area contributed by atoms with Gasteiger partial charge in [0, 0.05) is 20.4 Å². The van der Waals surface area contributed by atoms with Crippen LogP contribution >= 0.6 is 0 Å². The van der Waals surface area contributed by atoms with Gasteiger partial charge in [-0.15, -0.1) is 0 Å². The molecule has 0 amide bonds. The molecule has 0 aliphatic rings. The smallest absolute Gasteiger partial charge is 0 e. The summed E-state index contributed by atoms with van der Waals surface area (Å²) in [6.07, 6.45) is 0. The number of hydrogen-bond donors (Lipinski definition) is 0. The van der Waals surface area contributed by atoms with E-state index in [1.165, 1.54) is 0 Å². The van der Waals surface area contributed by atoms with Crippen LogP contribution in [-0.4, -0.2) is 27.4 Å². The van der Waals surface area contributed by atoms with E-state index in [-0.39, 0.29) is 47.8 Å². The minimum absolute atomic E-state index is 0. The van der Waals surface area contributed by atoms with Gasteiger partial charge < -0.3 is 27.4 Å². The number of rotatable bonds is 0. The minimum atomic E-state index is 0. The van der Waals surface area contributed by atoms with Gasteiger partial charge in [0.2, 0.25) is 0 Å². The van der Waals surface area contributed by atoms with E-state index < -0.39 is 0 Å². The van der Waals surface area contributed by atoms with Crippen molar-refractivity contribution < 1.29 is 47.8 Å². The van der Waals surface area contributed by atoms with Crippen molar-refractivity contribution in [3.8, 4) is 0 Å². The summed E-state index contributed by atoms with van der Waals surface area (Å²) < 4.78 is 0. The molecule has 0 saturated carbocycles. The zero-order valence-corrected chi connectivity index (χ0v) is 5.44. The predicted molar refractivity (Wildman–Crippen MR) is 13.0 cm³/mol. The van der Waals surface area contributed by atoms with Gasteiger partial charge in [-0.3, -0.25) is 0 Å². The molecule has 0 aliphatic heterocycles. The fraction of sp³-hybridized carbons (Fsp3) is 0. The maximum atomic E-state index is 0. The van der Waals surface area contributed by atoms with Gasteiger partial charge in [-0.2, -0.15) is 0 Å². The van der Waals surface area contributed by atoms with Crippen LogP contribution in [0.15, 0.2) is 0 Å². The first-order chi connectivity index (χ1) is 0. The van der Waals surface area contributed by atoms with Crippen LogP contribution in [0.4, 0.5) is 0 Å². The molecule has 0 saturated heterocycles. The molecule has 7 N–H and O–H groups in total. The third-order valence-electron chi connectivity index (χ3n) is 0. The zero-order valence-electron chi connectivity index (χ0n) is 2.72. The Labute approximate surface area is 48.6 Å². The first-order valence-electron chi connectivity index (χ1n) is 0. The molecule has 6 heteroatoms. The van der Waals surface area contributed by atoms with E-state index in [9.17, 15) is 0 Å². The Hall–Kier alpha value is 0.462. The molecule has 0 rings (SSSR count). The second kappa shape index (κ2) is 509. The fourth-order valence-electron chi connectivity index (χ4n) is 0. The molecule has 1 radical (unpaired) electrons. The Kier molecular flexibility index (Phi) is 76500. The Morgan fingerprint density at radius 2 is 0.500 bits per heavy atom. The minimum Gasteiger partial charge on any atom is -0.870 e. The van der Waals surface area contributed by atoms with Crippen LogP contribution in [0, 0.1) is 0 Å². The third kappa shape index (κ3) is 250. The third-order valence-corrected chi connectivity index (χ3v) is 0. The van der Waals surface area contributed by atoms with Crippen molar-refractivity contribution in [3.63, 3.8) is 0 Å². The predicted octanol–water partition coefficient (Wildman–Crippen LogP) is -2.18. The van der Waals surface area contributed by atoms with E-state index in [2.05, 4.69) is 0 Å². The Bertz CT molecular complexity index is 3.90. The van der Waals surface area contributed by atoms with E-state index in [1.54, 1.807) is 0 Å². The van der Waals surface area contributed by atoms with E-state index in [4.69, 9.17) is 0 Å². The summed E-state index contributed by atoms with van der Waals surface area (Å²) in [5.74, 6) is 0. The quantitative estimate of drug-likeness (QED) is 0.492. The maximum Gasteiger partial charge on any atom is 0 e. The summed E-state index contributed by atoms with van der Waals surface area (Å²) in [4.78, 5) is 0. The van der Waals surface area contributed by atoms with Crippen molar-refractivity contribution in [3.05, 3.63) is 0 Å². The van der Waals surface area contributed by atoms with Crippen LogP contribution < -0.4 is 0 Å². The average Bonchev–Trinajstić information content (AvgIpc) is 0. The first-order valence-corrected chi connectivity index (χ1v) is 0. The second-order valence-corrected chi connectivity index (χ2v) is 0. The van der Waals surface area contributed by atoms with Crippen molar-refractivity contribution in [2.45, 2.75) is 0 Å². The Balaban J connectivity index is 0. The van der Waals surface area contributed by atoms with Gasteiger partial charge in [0.1, 0.15) is 0 Å². The normalized spacial score (nSPS) is 0. The van der Waals surface area contributed by atoms with Crippen LogP contribution in [0.5, 0.6) is 0 Å². The first kappa shape index (κ1) is 902. The van der Waals surface area contributed by atoms with Gasteiger partial charge >= 0.3 is 0 Å². The van der Waals surface area contributed by atoms with Gasteiger partial charge in [-0.05, 0) is 0 Å². The van der Waals surface area contributed by atoms with Crippen molar-refractivity contribution in [1.29, 1.82) is 0 Å². The van der Waals surface area contributed by atoms with Gasteiger partial charge in [-0.1, -0.05) is 0 Å². The second-order valence-electron chi connectivity index (χ2n) is 0.